The minimum atomic E-state index is 1.22. The molecule has 250 valence electrons. The Balaban J connectivity index is 1.26. The Morgan fingerprint density at radius 3 is 1.31 bits per heavy atom. The van der Waals surface area contributed by atoms with Crippen LogP contribution in [-0.2, 0) is 0 Å². The molecule has 0 aliphatic rings. The van der Waals surface area contributed by atoms with Crippen molar-refractivity contribution < 1.29 is 0 Å². The van der Waals surface area contributed by atoms with Crippen molar-refractivity contribution in [3.05, 3.63) is 206 Å². The van der Waals surface area contributed by atoms with E-state index in [1.807, 2.05) is 0 Å². The van der Waals surface area contributed by atoms with Gasteiger partial charge in [-0.1, -0.05) is 194 Å². The van der Waals surface area contributed by atoms with Crippen molar-refractivity contribution in [1.29, 1.82) is 0 Å². The van der Waals surface area contributed by atoms with Crippen LogP contribution in [0.4, 0.5) is 0 Å². The maximum absolute atomic E-state index is 2.41. The van der Waals surface area contributed by atoms with Gasteiger partial charge < -0.3 is 0 Å². The van der Waals surface area contributed by atoms with E-state index < -0.39 is 0 Å². The second-order valence-electron chi connectivity index (χ2n) is 14.3. The lowest BCUT2D eigenvalue weighted by molar-refractivity contribution is 1.59. The summed E-state index contributed by atoms with van der Waals surface area (Å²) >= 11 is 0. The molecule has 0 atom stereocenters. The summed E-state index contributed by atoms with van der Waals surface area (Å²) in [5, 5.41) is 15.2. The molecule has 0 saturated heterocycles. The van der Waals surface area contributed by atoms with Gasteiger partial charge in [0.25, 0.3) is 0 Å². The zero-order chi connectivity index (χ0) is 35.6. The number of benzene rings is 11. The summed E-state index contributed by atoms with van der Waals surface area (Å²) in [6.45, 7) is 0. The van der Waals surface area contributed by atoms with Gasteiger partial charge in [-0.15, -0.1) is 0 Å². The fraction of sp³-hybridized carbons (Fsp3) is 0. The smallest absolute Gasteiger partial charge is 0.00201 e. The van der Waals surface area contributed by atoms with E-state index in [4.69, 9.17) is 0 Å². The number of rotatable bonds is 4. The van der Waals surface area contributed by atoms with Gasteiger partial charge in [-0.25, -0.2) is 0 Å². The lowest BCUT2D eigenvalue weighted by atomic mass is 9.82. The highest BCUT2D eigenvalue weighted by atomic mass is 14.2. The predicted molar refractivity (Wildman–Crippen MR) is 233 cm³/mol. The molecular formula is C54H34. The van der Waals surface area contributed by atoms with E-state index in [-0.39, 0.29) is 0 Å². The van der Waals surface area contributed by atoms with E-state index >= 15 is 0 Å². The molecule has 0 amide bonds. The second kappa shape index (κ2) is 12.3. The maximum atomic E-state index is 2.41. The molecule has 0 radical (unpaired) electrons. The predicted octanol–water partition coefficient (Wildman–Crippen LogP) is 15.3. The van der Waals surface area contributed by atoms with Crippen molar-refractivity contribution >= 4 is 64.6 Å². The minimum Gasteiger partial charge on any atom is -0.0616 e. The van der Waals surface area contributed by atoms with Gasteiger partial charge in [-0.05, 0) is 121 Å². The van der Waals surface area contributed by atoms with E-state index in [0.717, 1.165) is 0 Å². The van der Waals surface area contributed by atoms with E-state index in [1.165, 1.54) is 109 Å². The van der Waals surface area contributed by atoms with Crippen LogP contribution < -0.4 is 0 Å². The zero-order valence-electron chi connectivity index (χ0n) is 29.6. The van der Waals surface area contributed by atoms with Crippen LogP contribution in [0.15, 0.2) is 206 Å². The molecule has 0 heteroatoms. The van der Waals surface area contributed by atoms with Crippen LogP contribution >= 0.6 is 0 Å². The topological polar surface area (TPSA) is 0 Å². The van der Waals surface area contributed by atoms with Crippen molar-refractivity contribution in [2.24, 2.45) is 0 Å². The lowest BCUT2D eigenvalue weighted by Gasteiger charge is -2.21. The highest BCUT2D eigenvalue weighted by molar-refractivity contribution is 6.29. The van der Waals surface area contributed by atoms with Gasteiger partial charge >= 0.3 is 0 Å². The first-order valence-electron chi connectivity index (χ1n) is 18.8. The van der Waals surface area contributed by atoms with Crippen LogP contribution in [0.3, 0.4) is 0 Å². The SMILES string of the molecule is c1ccc(-c2cccc3c4ccccc4c4ccccc4c23)c(-c2ccc3cc4ccccc4cc3c2-c2ccccc2-c2cccc3ccccc23)c1. The molecule has 0 heterocycles. The maximum Gasteiger partial charge on any atom is -0.00201 e. The summed E-state index contributed by atoms with van der Waals surface area (Å²) in [6, 6.07) is 76.2. The molecule has 0 bridgehead atoms. The molecule has 11 rings (SSSR count). The Kier molecular flexibility index (Phi) is 6.97. The summed E-state index contributed by atoms with van der Waals surface area (Å²) in [7, 11) is 0. The standard InChI is InChI=1S/C54H34/c1-2-17-37-34-52-38(33-36(37)16-1)31-32-51(54(52)48-27-12-9-21-42(48)40-28-13-18-35-15-3-4-19-39(35)40)46-25-8-7-24-45(46)50-30-14-29-49-44-22-6-5-20-41(44)43-23-10-11-26-47(43)53(49)50/h1-34H. The first-order chi connectivity index (χ1) is 26.8. The highest BCUT2D eigenvalue weighted by Crippen LogP contribution is 2.48. The molecule has 0 aliphatic carbocycles. The fourth-order valence-corrected chi connectivity index (χ4v) is 9.06. The molecule has 0 nitrogen and oxygen atoms in total. The zero-order valence-corrected chi connectivity index (χ0v) is 29.6. The Morgan fingerprint density at radius 2 is 0.611 bits per heavy atom. The average Bonchev–Trinajstić information content (AvgIpc) is 3.25. The summed E-state index contributed by atoms with van der Waals surface area (Å²) in [6.07, 6.45) is 0. The number of hydrogen-bond acceptors (Lipinski definition) is 0. The van der Waals surface area contributed by atoms with Gasteiger partial charge in [0.05, 0.1) is 0 Å². The molecule has 0 aliphatic heterocycles. The normalized spacial score (nSPS) is 11.7. The third-order valence-electron chi connectivity index (χ3n) is 11.4. The van der Waals surface area contributed by atoms with E-state index in [2.05, 4.69) is 206 Å². The first-order valence-corrected chi connectivity index (χ1v) is 18.8. The Labute approximate surface area is 314 Å². The summed E-state index contributed by atoms with van der Waals surface area (Å²) in [5.41, 5.74) is 9.89. The summed E-state index contributed by atoms with van der Waals surface area (Å²) < 4.78 is 0. The molecule has 0 unspecified atom stereocenters. The monoisotopic (exact) mass is 682 g/mol. The van der Waals surface area contributed by atoms with Crippen LogP contribution in [0.25, 0.3) is 109 Å². The molecule has 0 fully saturated rings. The highest BCUT2D eigenvalue weighted by Gasteiger charge is 2.21. The van der Waals surface area contributed by atoms with Crippen molar-refractivity contribution in [2.45, 2.75) is 0 Å². The van der Waals surface area contributed by atoms with Gasteiger partial charge in [-0.3, -0.25) is 0 Å². The van der Waals surface area contributed by atoms with E-state index in [9.17, 15) is 0 Å². The molecule has 0 N–H and O–H groups in total. The average molecular weight is 683 g/mol. The molecular weight excluding hydrogens is 649 g/mol. The first kappa shape index (κ1) is 30.6. The third kappa shape index (κ3) is 4.71. The minimum absolute atomic E-state index is 1.22. The van der Waals surface area contributed by atoms with Crippen LogP contribution in [0.1, 0.15) is 0 Å². The summed E-state index contributed by atoms with van der Waals surface area (Å²) in [5.74, 6) is 0. The van der Waals surface area contributed by atoms with Gasteiger partial charge in [0.2, 0.25) is 0 Å². The number of hydrogen-bond donors (Lipinski definition) is 0. The summed E-state index contributed by atoms with van der Waals surface area (Å²) in [4.78, 5) is 0. The molecule has 0 aromatic heterocycles. The fourth-order valence-electron chi connectivity index (χ4n) is 9.06. The number of fused-ring (bicyclic) bond motifs is 9. The van der Waals surface area contributed by atoms with Crippen molar-refractivity contribution in [3.8, 4) is 44.5 Å². The van der Waals surface area contributed by atoms with Crippen LogP contribution in [0.2, 0.25) is 0 Å². The Morgan fingerprint density at radius 1 is 0.185 bits per heavy atom. The van der Waals surface area contributed by atoms with Gasteiger partial charge in [-0.2, -0.15) is 0 Å². The second-order valence-corrected chi connectivity index (χ2v) is 14.3. The molecule has 0 saturated carbocycles. The van der Waals surface area contributed by atoms with Crippen molar-refractivity contribution in [2.75, 3.05) is 0 Å². The van der Waals surface area contributed by atoms with E-state index in [1.54, 1.807) is 0 Å². The van der Waals surface area contributed by atoms with Gasteiger partial charge in [0.1, 0.15) is 0 Å². The van der Waals surface area contributed by atoms with Crippen molar-refractivity contribution in [1.82, 2.24) is 0 Å². The molecule has 11 aromatic rings. The van der Waals surface area contributed by atoms with Crippen LogP contribution in [0, 0.1) is 0 Å². The Bertz CT molecular complexity index is 3220. The lowest BCUT2D eigenvalue weighted by Crippen LogP contribution is -1.94. The van der Waals surface area contributed by atoms with Crippen molar-refractivity contribution in [3.63, 3.8) is 0 Å². The van der Waals surface area contributed by atoms with Gasteiger partial charge in [0.15, 0.2) is 0 Å². The molecule has 0 spiro atoms. The van der Waals surface area contributed by atoms with Crippen LogP contribution in [0.5, 0.6) is 0 Å². The molecule has 54 heavy (non-hydrogen) atoms. The largest absolute Gasteiger partial charge is 0.0616 e. The Hall–Kier alpha value is -7.02. The molecule has 11 aromatic carbocycles. The van der Waals surface area contributed by atoms with Gasteiger partial charge in [0, 0.05) is 0 Å². The van der Waals surface area contributed by atoms with Crippen LogP contribution in [-0.4, -0.2) is 0 Å². The quantitative estimate of drug-likeness (QED) is 0.128. The third-order valence-corrected chi connectivity index (χ3v) is 11.4. The van der Waals surface area contributed by atoms with E-state index in [0.29, 0.717) is 0 Å².